The van der Waals surface area contributed by atoms with E-state index in [1.807, 2.05) is 37.4 Å². The number of hydrogen-bond donors (Lipinski definition) is 3. The van der Waals surface area contributed by atoms with Crippen LogP contribution in [-0.2, 0) is 11.2 Å². The molecule has 0 bridgehead atoms. The number of benzene rings is 1. The first-order chi connectivity index (χ1) is 8.72. The average Bonchev–Trinajstić information content (AvgIpc) is 2.38. The molecule has 0 aliphatic heterocycles. The van der Waals surface area contributed by atoms with Crippen molar-refractivity contribution in [3.63, 3.8) is 0 Å². The van der Waals surface area contributed by atoms with E-state index >= 15 is 0 Å². The summed E-state index contributed by atoms with van der Waals surface area (Å²) < 4.78 is 0. The van der Waals surface area contributed by atoms with Crippen LogP contribution in [0.1, 0.15) is 18.4 Å². The van der Waals surface area contributed by atoms with Crippen molar-refractivity contribution >= 4 is 5.91 Å². The zero-order valence-corrected chi connectivity index (χ0v) is 10.9. The molecule has 0 saturated carbocycles. The largest absolute Gasteiger partial charge is 0.391 e. The number of aliphatic hydroxyl groups is 1. The van der Waals surface area contributed by atoms with Gasteiger partial charge in [-0.1, -0.05) is 30.3 Å². The molecule has 0 aromatic heterocycles. The molecule has 0 aliphatic carbocycles. The molecule has 3 N–H and O–H groups in total. The Morgan fingerprint density at radius 3 is 2.72 bits per heavy atom. The Morgan fingerprint density at radius 2 is 2.06 bits per heavy atom. The molecule has 1 unspecified atom stereocenters. The predicted molar refractivity (Wildman–Crippen MR) is 72.3 cm³/mol. The van der Waals surface area contributed by atoms with Crippen LogP contribution >= 0.6 is 0 Å². The molecular weight excluding hydrogens is 228 g/mol. The molecule has 100 valence electrons. The van der Waals surface area contributed by atoms with E-state index in [0.29, 0.717) is 19.4 Å². The predicted octanol–water partition coefficient (Wildman–Crippen LogP) is 0.706. The molecule has 0 aliphatic rings. The molecule has 0 saturated heterocycles. The third kappa shape index (κ3) is 6.37. The summed E-state index contributed by atoms with van der Waals surface area (Å²) in [5.41, 5.74) is 1.08. The summed E-state index contributed by atoms with van der Waals surface area (Å²) in [6, 6.07) is 9.77. The van der Waals surface area contributed by atoms with Gasteiger partial charge >= 0.3 is 0 Å². The Bertz CT molecular complexity index is 341. The number of hydrogen-bond acceptors (Lipinski definition) is 3. The first-order valence-corrected chi connectivity index (χ1v) is 6.35. The zero-order chi connectivity index (χ0) is 13.2. The summed E-state index contributed by atoms with van der Waals surface area (Å²) in [7, 11) is 1.86. The van der Waals surface area contributed by atoms with Gasteiger partial charge in [0.1, 0.15) is 0 Å². The van der Waals surface area contributed by atoms with Gasteiger partial charge in [-0.25, -0.2) is 0 Å². The number of carbonyl (C=O) groups excluding carboxylic acids is 1. The second kappa shape index (κ2) is 8.66. The van der Waals surface area contributed by atoms with E-state index < -0.39 is 6.10 Å². The maximum absolute atomic E-state index is 11.4. The van der Waals surface area contributed by atoms with Gasteiger partial charge in [-0.05, 0) is 25.6 Å². The van der Waals surface area contributed by atoms with E-state index in [9.17, 15) is 9.90 Å². The number of amides is 1. The lowest BCUT2D eigenvalue weighted by molar-refractivity contribution is -0.121. The first-order valence-electron chi connectivity index (χ1n) is 6.35. The highest BCUT2D eigenvalue weighted by Crippen LogP contribution is 2.02. The van der Waals surface area contributed by atoms with Crippen molar-refractivity contribution in [1.29, 1.82) is 0 Å². The Hall–Kier alpha value is -1.39. The quantitative estimate of drug-likeness (QED) is 0.595. The van der Waals surface area contributed by atoms with E-state index in [2.05, 4.69) is 10.6 Å². The van der Waals surface area contributed by atoms with Gasteiger partial charge in [-0.2, -0.15) is 0 Å². The van der Waals surface area contributed by atoms with Gasteiger partial charge < -0.3 is 15.7 Å². The van der Waals surface area contributed by atoms with Crippen molar-refractivity contribution in [2.75, 3.05) is 20.1 Å². The number of rotatable bonds is 8. The molecule has 0 heterocycles. The molecule has 1 rings (SSSR count). The lowest BCUT2D eigenvalue weighted by atomic mass is 10.1. The number of aliphatic hydroxyl groups excluding tert-OH is 1. The molecule has 1 atom stereocenters. The fourth-order valence-corrected chi connectivity index (χ4v) is 1.70. The minimum absolute atomic E-state index is 0.00244. The fourth-order valence-electron chi connectivity index (χ4n) is 1.70. The van der Waals surface area contributed by atoms with Crippen LogP contribution in [-0.4, -0.2) is 37.3 Å². The highest BCUT2D eigenvalue weighted by molar-refractivity contribution is 5.75. The molecule has 0 fully saturated rings. The van der Waals surface area contributed by atoms with E-state index in [0.717, 1.165) is 18.5 Å². The van der Waals surface area contributed by atoms with E-state index in [1.54, 1.807) is 0 Å². The smallest absolute Gasteiger partial charge is 0.220 e. The maximum atomic E-state index is 11.4. The molecule has 1 aromatic rings. The summed E-state index contributed by atoms with van der Waals surface area (Å²) in [6.45, 7) is 1.15. The van der Waals surface area contributed by atoms with Crippen LogP contribution in [0.3, 0.4) is 0 Å². The van der Waals surface area contributed by atoms with Crippen molar-refractivity contribution in [2.45, 2.75) is 25.4 Å². The number of nitrogens with one attached hydrogen (secondary N) is 2. The summed E-state index contributed by atoms with van der Waals surface area (Å²) in [5.74, 6) is -0.00244. The zero-order valence-electron chi connectivity index (χ0n) is 10.9. The summed E-state index contributed by atoms with van der Waals surface area (Å²) in [4.78, 5) is 11.4. The highest BCUT2D eigenvalue weighted by Gasteiger charge is 2.07. The van der Waals surface area contributed by atoms with Crippen LogP contribution in [0.4, 0.5) is 0 Å². The van der Waals surface area contributed by atoms with Crippen LogP contribution in [0.5, 0.6) is 0 Å². The number of carbonyl (C=O) groups is 1. The standard InChI is InChI=1S/C14H22N2O2/c1-15-9-5-8-14(18)16-11-13(17)10-12-6-3-2-4-7-12/h2-4,6-7,13,15,17H,5,8-11H2,1H3,(H,16,18). The monoisotopic (exact) mass is 250 g/mol. The molecule has 0 spiro atoms. The maximum Gasteiger partial charge on any atom is 0.220 e. The molecule has 4 nitrogen and oxygen atoms in total. The average molecular weight is 250 g/mol. The van der Waals surface area contributed by atoms with Crippen molar-refractivity contribution in [3.8, 4) is 0 Å². The highest BCUT2D eigenvalue weighted by atomic mass is 16.3. The minimum Gasteiger partial charge on any atom is -0.391 e. The minimum atomic E-state index is -0.527. The van der Waals surface area contributed by atoms with Crippen LogP contribution < -0.4 is 10.6 Å². The second-order valence-corrected chi connectivity index (χ2v) is 4.35. The van der Waals surface area contributed by atoms with Gasteiger partial charge in [-0.15, -0.1) is 0 Å². The van der Waals surface area contributed by atoms with Crippen LogP contribution in [0.25, 0.3) is 0 Å². The third-order valence-electron chi connectivity index (χ3n) is 2.68. The normalized spacial score (nSPS) is 12.1. The molecule has 0 radical (unpaired) electrons. The molecule has 4 heteroatoms. The van der Waals surface area contributed by atoms with Gasteiger partial charge in [0, 0.05) is 19.4 Å². The van der Waals surface area contributed by atoms with Crippen molar-refractivity contribution in [1.82, 2.24) is 10.6 Å². The lowest BCUT2D eigenvalue weighted by Crippen LogP contribution is -2.33. The van der Waals surface area contributed by atoms with Crippen LogP contribution in [0.2, 0.25) is 0 Å². The first kappa shape index (κ1) is 14.7. The molecule has 1 amide bonds. The summed E-state index contributed by atoms with van der Waals surface area (Å²) in [6.07, 6.45) is 1.36. The van der Waals surface area contributed by atoms with Gasteiger partial charge in [0.05, 0.1) is 6.10 Å². The topological polar surface area (TPSA) is 61.4 Å². The van der Waals surface area contributed by atoms with E-state index in [4.69, 9.17) is 0 Å². The van der Waals surface area contributed by atoms with Crippen molar-refractivity contribution in [3.05, 3.63) is 35.9 Å². The Kier molecular flexibility index (Phi) is 7.06. The molecule has 1 aromatic carbocycles. The van der Waals surface area contributed by atoms with E-state index in [-0.39, 0.29) is 5.91 Å². The Labute approximate surface area is 108 Å². The Morgan fingerprint density at radius 1 is 1.33 bits per heavy atom. The second-order valence-electron chi connectivity index (χ2n) is 4.35. The van der Waals surface area contributed by atoms with Crippen molar-refractivity contribution < 1.29 is 9.90 Å². The summed E-state index contributed by atoms with van der Waals surface area (Å²) >= 11 is 0. The Balaban J connectivity index is 2.17. The van der Waals surface area contributed by atoms with E-state index in [1.165, 1.54) is 0 Å². The van der Waals surface area contributed by atoms with Gasteiger partial charge in [0.25, 0.3) is 0 Å². The fraction of sp³-hybridized carbons (Fsp3) is 0.500. The molecule has 18 heavy (non-hydrogen) atoms. The SMILES string of the molecule is CNCCCC(=O)NCC(O)Cc1ccccc1. The van der Waals surface area contributed by atoms with Gasteiger partial charge in [-0.3, -0.25) is 4.79 Å². The summed E-state index contributed by atoms with van der Waals surface area (Å²) in [5, 5.41) is 15.5. The van der Waals surface area contributed by atoms with Crippen LogP contribution in [0.15, 0.2) is 30.3 Å². The molecular formula is C14H22N2O2. The van der Waals surface area contributed by atoms with Crippen molar-refractivity contribution in [2.24, 2.45) is 0 Å². The lowest BCUT2D eigenvalue weighted by Gasteiger charge is -2.12. The third-order valence-corrected chi connectivity index (χ3v) is 2.68. The van der Waals surface area contributed by atoms with Gasteiger partial charge in [0.2, 0.25) is 5.91 Å². The van der Waals surface area contributed by atoms with Gasteiger partial charge in [0.15, 0.2) is 0 Å². The van der Waals surface area contributed by atoms with Crippen LogP contribution in [0, 0.1) is 0 Å².